The summed E-state index contributed by atoms with van der Waals surface area (Å²) in [6, 6.07) is 10.6. The standard InChI is InChI=1S/C12H18OS2/c13-7-9-15-11-10-14-8-6-12-4-2-1-3-5-12/h1-5,13H,6-11H2. The van der Waals surface area contributed by atoms with E-state index in [1.54, 1.807) is 0 Å². The quantitative estimate of drug-likeness (QED) is 0.708. The van der Waals surface area contributed by atoms with Crippen LogP contribution in [0.25, 0.3) is 0 Å². The Balaban J connectivity index is 1.93. The molecule has 0 fully saturated rings. The Bertz CT molecular complexity index is 239. The third-order valence-electron chi connectivity index (χ3n) is 1.99. The fourth-order valence-electron chi connectivity index (χ4n) is 1.22. The first-order valence-electron chi connectivity index (χ1n) is 5.24. The average molecular weight is 242 g/mol. The molecule has 0 saturated carbocycles. The molecule has 0 radical (unpaired) electrons. The smallest absolute Gasteiger partial charge is 0.0521 e. The van der Waals surface area contributed by atoms with Gasteiger partial charge in [0.25, 0.3) is 0 Å². The van der Waals surface area contributed by atoms with Crippen LogP contribution in [0.3, 0.4) is 0 Å². The Kier molecular flexibility index (Phi) is 7.88. The van der Waals surface area contributed by atoms with Crippen molar-refractivity contribution < 1.29 is 5.11 Å². The Labute approximate surface area is 101 Å². The van der Waals surface area contributed by atoms with Crippen LogP contribution in [0.4, 0.5) is 0 Å². The molecule has 1 aromatic carbocycles. The van der Waals surface area contributed by atoms with Gasteiger partial charge in [-0.1, -0.05) is 30.3 Å². The van der Waals surface area contributed by atoms with Crippen molar-refractivity contribution in [3.05, 3.63) is 35.9 Å². The lowest BCUT2D eigenvalue weighted by atomic mass is 10.2. The van der Waals surface area contributed by atoms with Gasteiger partial charge < -0.3 is 5.11 Å². The van der Waals surface area contributed by atoms with Gasteiger partial charge in [0.1, 0.15) is 0 Å². The summed E-state index contributed by atoms with van der Waals surface area (Å²) < 4.78 is 0. The molecule has 0 amide bonds. The summed E-state index contributed by atoms with van der Waals surface area (Å²) in [7, 11) is 0. The molecular weight excluding hydrogens is 224 g/mol. The van der Waals surface area contributed by atoms with Crippen molar-refractivity contribution in [3.8, 4) is 0 Å². The van der Waals surface area contributed by atoms with E-state index in [1.165, 1.54) is 17.1 Å². The molecule has 0 saturated heterocycles. The maximum absolute atomic E-state index is 8.59. The fraction of sp³-hybridized carbons (Fsp3) is 0.500. The van der Waals surface area contributed by atoms with Crippen molar-refractivity contribution in [1.29, 1.82) is 0 Å². The van der Waals surface area contributed by atoms with Crippen molar-refractivity contribution in [3.63, 3.8) is 0 Å². The largest absolute Gasteiger partial charge is 0.396 e. The molecule has 0 aliphatic carbocycles. The number of rotatable bonds is 8. The van der Waals surface area contributed by atoms with Gasteiger partial charge in [-0.3, -0.25) is 0 Å². The van der Waals surface area contributed by atoms with E-state index in [9.17, 15) is 0 Å². The maximum Gasteiger partial charge on any atom is 0.0521 e. The molecule has 0 bridgehead atoms. The summed E-state index contributed by atoms with van der Waals surface area (Å²) in [5, 5.41) is 8.59. The molecule has 3 heteroatoms. The number of thioether (sulfide) groups is 2. The molecule has 0 aliphatic rings. The van der Waals surface area contributed by atoms with E-state index in [0.29, 0.717) is 6.61 Å². The Hall–Kier alpha value is -0.120. The predicted octanol–water partition coefficient (Wildman–Crippen LogP) is 2.69. The van der Waals surface area contributed by atoms with Crippen LogP contribution in [0.5, 0.6) is 0 Å². The molecule has 0 aromatic heterocycles. The molecule has 0 atom stereocenters. The van der Waals surface area contributed by atoms with Crippen LogP contribution < -0.4 is 0 Å². The summed E-state index contributed by atoms with van der Waals surface area (Å²) in [6.45, 7) is 0.305. The summed E-state index contributed by atoms with van der Waals surface area (Å²) in [6.07, 6.45) is 1.16. The van der Waals surface area contributed by atoms with E-state index in [2.05, 4.69) is 30.3 Å². The van der Waals surface area contributed by atoms with Crippen molar-refractivity contribution in [2.24, 2.45) is 0 Å². The lowest BCUT2D eigenvalue weighted by Crippen LogP contribution is -1.93. The first kappa shape index (κ1) is 12.9. The van der Waals surface area contributed by atoms with Crippen LogP contribution in [-0.2, 0) is 6.42 Å². The van der Waals surface area contributed by atoms with Crippen molar-refractivity contribution in [2.45, 2.75) is 6.42 Å². The monoisotopic (exact) mass is 242 g/mol. The van der Waals surface area contributed by atoms with Gasteiger partial charge >= 0.3 is 0 Å². The highest BCUT2D eigenvalue weighted by Gasteiger charge is 1.93. The summed E-state index contributed by atoms with van der Waals surface area (Å²) >= 11 is 3.82. The predicted molar refractivity (Wildman–Crippen MR) is 71.9 cm³/mol. The third-order valence-corrected chi connectivity index (χ3v) is 4.19. The van der Waals surface area contributed by atoms with Gasteiger partial charge in [-0.2, -0.15) is 23.5 Å². The topological polar surface area (TPSA) is 20.2 Å². The zero-order valence-electron chi connectivity index (χ0n) is 8.89. The summed E-state index contributed by atoms with van der Waals surface area (Å²) in [5.74, 6) is 4.42. The fourth-order valence-corrected chi connectivity index (χ4v) is 3.08. The van der Waals surface area contributed by atoms with Crippen LogP contribution in [0, 0.1) is 0 Å². The van der Waals surface area contributed by atoms with Gasteiger partial charge in [0.05, 0.1) is 6.61 Å². The molecule has 15 heavy (non-hydrogen) atoms. The molecule has 0 heterocycles. The molecule has 0 aliphatic heterocycles. The zero-order chi connectivity index (χ0) is 10.8. The van der Waals surface area contributed by atoms with E-state index in [0.717, 1.165) is 17.9 Å². The lowest BCUT2D eigenvalue weighted by molar-refractivity contribution is 0.322. The molecule has 1 nitrogen and oxygen atoms in total. The third kappa shape index (κ3) is 6.88. The Morgan fingerprint density at radius 3 is 2.20 bits per heavy atom. The van der Waals surface area contributed by atoms with Crippen LogP contribution >= 0.6 is 23.5 Å². The minimum atomic E-state index is 0.305. The summed E-state index contributed by atoms with van der Waals surface area (Å²) in [5.41, 5.74) is 1.42. The molecular formula is C12H18OS2. The van der Waals surface area contributed by atoms with Gasteiger partial charge in [-0.05, 0) is 17.7 Å². The van der Waals surface area contributed by atoms with E-state index < -0.39 is 0 Å². The van der Waals surface area contributed by atoms with E-state index in [-0.39, 0.29) is 0 Å². The van der Waals surface area contributed by atoms with Gasteiger partial charge in [0.2, 0.25) is 0 Å². The van der Waals surface area contributed by atoms with Gasteiger partial charge in [0.15, 0.2) is 0 Å². The van der Waals surface area contributed by atoms with Crippen molar-refractivity contribution in [2.75, 3.05) is 29.6 Å². The molecule has 0 unspecified atom stereocenters. The maximum atomic E-state index is 8.59. The van der Waals surface area contributed by atoms with Crippen LogP contribution in [0.1, 0.15) is 5.56 Å². The number of hydrogen-bond donors (Lipinski definition) is 1. The second kappa shape index (κ2) is 9.13. The number of aliphatic hydroxyl groups excluding tert-OH is 1. The Morgan fingerprint density at radius 2 is 1.53 bits per heavy atom. The van der Waals surface area contributed by atoms with E-state index in [4.69, 9.17) is 5.11 Å². The average Bonchev–Trinajstić information content (AvgIpc) is 2.29. The highest BCUT2D eigenvalue weighted by atomic mass is 32.2. The lowest BCUT2D eigenvalue weighted by Gasteiger charge is -2.01. The van der Waals surface area contributed by atoms with Gasteiger partial charge in [0, 0.05) is 17.3 Å². The molecule has 1 N–H and O–H groups in total. The number of aliphatic hydroxyl groups is 1. The molecule has 1 rings (SSSR count). The molecule has 1 aromatic rings. The minimum Gasteiger partial charge on any atom is -0.396 e. The van der Waals surface area contributed by atoms with Crippen molar-refractivity contribution in [1.82, 2.24) is 0 Å². The number of benzene rings is 1. The second-order valence-corrected chi connectivity index (χ2v) is 5.63. The van der Waals surface area contributed by atoms with Gasteiger partial charge in [-0.15, -0.1) is 0 Å². The van der Waals surface area contributed by atoms with Crippen LogP contribution in [-0.4, -0.2) is 34.7 Å². The molecule has 84 valence electrons. The summed E-state index contributed by atoms with van der Waals surface area (Å²) in [4.78, 5) is 0. The second-order valence-electron chi connectivity index (χ2n) is 3.18. The first-order chi connectivity index (χ1) is 7.43. The Morgan fingerprint density at radius 1 is 0.867 bits per heavy atom. The molecule has 0 spiro atoms. The van der Waals surface area contributed by atoms with E-state index >= 15 is 0 Å². The minimum absolute atomic E-state index is 0.305. The van der Waals surface area contributed by atoms with Crippen LogP contribution in [0.15, 0.2) is 30.3 Å². The van der Waals surface area contributed by atoms with Gasteiger partial charge in [-0.25, -0.2) is 0 Å². The highest BCUT2D eigenvalue weighted by molar-refractivity contribution is 8.02. The van der Waals surface area contributed by atoms with Crippen LogP contribution in [0.2, 0.25) is 0 Å². The van der Waals surface area contributed by atoms with Crippen molar-refractivity contribution >= 4 is 23.5 Å². The number of aryl methyl sites for hydroxylation is 1. The first-order valence-corrected chi connectivity index (χ1v) is 7.54. The van der Waals surface area contributed by atoms with E-state index in [1.807, 2.05) is 23.5 Å². The SMILES string of the molecule is OCCSCCSCCc1ccccc1. The normalized spacial score (nSPS) is 10.5. The zero-order valence-corrected chi connectivity index (χ0v) is 10.5. The number of hydrogen-bond acceptors (Lipinski definition) is 3. The highest BCUT2D eigenvalue weighted by Crippen LogP contribution is 2.09.